The summed E-state index contributed by atoms with van der Waals surface area (Å²) in [6, 6.07) is 11.3. The van der Waals surface area contributed by atoms with Crippen LogP contribution in [-0.2, 0) is 30.4 Å². The van der Waals surface area contributed by atoms with Crippen molar-refractivity contribution in [2.45, 2.75) is 57.9 Å². The molecule has 0 aliphatic carbocycles. The smallest absolute Gasteiger partial charge is 0.358 e. The van der Waals surface area contributed by atoms with Crippen LogP contribution in [0.3, 0.4) is 0 Å². The van der Waals surface area contributed by atoms with E-state index >= 15 is 0 Å². The first-order chi connectivity index (χ1) is 17.2. The number of nitrogens with one attached hydrogen (secondary N) is 1. The SMILES string of the molecule is CCn1nc(C)c2c1CCN([C@@H](C(=O)NC)c1ccccc1)C2CCc1ccc(C(F)(F)F)cc1F. The maximum atomic E-state index is 14.7. The van der Waals surface area contributed by atoms with E-state index in [4.69, 9.17) is 5.10 Å². The van der Waals surface area contributed by atoms with Gasteiger partial charge in [-0.3, -0.25) is 14.4 Å². The summed E-state index contributed by atoms with van der Waals surface area (Å²) in [6.07, 6.45) is -3.26. The van der Waals surface area contributed by atoms with Crippen molar-refractivity contribution < 1.29 is 22.4 Å². The van der Waals surface area contributed by atoms with Crippen molar-refractivity contribution in [3.05, 3.63) is 88.0 Å². The third-order valence-electron chi connectivity index (χ3n) is 6.93. The lowest BCUT2D eigenvalue weighted by Gasteiger charge is -2.41. The molecule has 9 heteroatoms. The third-order valence-corrected chi connectivity index (χ3v) is 6.93. The Balaban J connectivity index is 1.73. The van der Waals surface area contributed by atoms with E-state index in [9.17, 15) is 22.4 Å². The maximum Gasteiger partial charge on any atom is 0.416 e. The van der Waals surface area contributed by atoms with Crippen LogP contribution in [0, 0.1) is 12.7 Å². The average molecular weight is 503 g/mol. The molecule has 0 radical (unpaired) electrons. The molecule has 0 saturated heterocycles. The first kappa shape index (κ1) is 25.9. The molecule has 1 N–H and O–H groups in total. The number of hydrogen-bond acceptors (Lipinski definition) is 3. The molecular formula is C27H30F4N4O. The van der Waals surface area contributed by atoms with Gasteiger partial charge in [0.2, 0.25) is 5.91 Å². The summed E-state index contributed by atoms with van der Waals surface area (Å²) >= 11 is 0. The maximum absolute atomic E-state index is 14.7. The van der Waals surface area contributed by atoms with E-state index < -0.39 is 23.6 Å². The molecule has 3 aromatic rings. The van der Waals surface area contributed by atoms with Crippen molar-refractivity contribution in [2.24, 2.45) is 0 Å². The highest BCUT2D eigenvalue weighted by molar-refractivity contribution is 5.83. The van der Waals surface area contributed by atoms with Crippen molar-refractivity contribution >= 4 is 5.91 Å². The Morgan fingerprint density at radius 2 is 1.92 bits per heavy atom. The fourth-order valence-electron chi connectivity index (χ4n) is 5.26. The number of carbonyl (C=O) groups is 1. The number of aromatic nitrogens is 2. The predicted octanol–water partition coefficient (Wildman–Crippen LogP) is 5.39. The minimum Gasteiger partial charge on any atom is -0.358 e. The molecule has 192 valence electrons. The minimum absolute atomic E-state index is 0.157. The number of aryl methyl sites for hydroxylation is 3. The number of nitrogens with zero attached hydrogens (tertiary/aromatic N) is 3. The van der Waals surface area contributed by atoms with Crippen LogP contribution in [0.1, 0.15) is 59.1 Å². The summed E-state index contributed by atoms with van der Waals surface area (Å²) < 4.78 is 55.7. The zero-order valence-corrected chi connectivity index (χ0v) is 20.6. The molecule has 1 aromatic heterocycles. The Labute approximate surface area is 208 Å². The molecule has 0 saturated carbocycles. The van der Waals surface area contributed by atoms with Crippen LogP contribution in [0.5, 0.6) is 0 Å². The Kier molecular flexibility index (Phi) is 7.49. The average Bonchev–Trinajstić information content (AvgIpc) is 3.19. The highest BCUT2D eigenvalue weighted by Gasteiger charge is 2.39. The number of likely N-dealkylation sites (N-methyl/N-ethyl adjacent to an activating group) is 1. The molecule has 2 aromatic carbocycles. The lowest BCUT2D eigenvalue weighted by molar-refractivity contribution is -0.137. The summed E-state index contributed by atoms with van der Waals surface area (Å²) in [6.45, 7) is 5.24. The monoisotopic (exact) mass is 502 g/mol. The molecule has 0 bridgehead atoms. The summed E-state index contributed by atoms with van der Waals surface area (Å²) in [4.78, 5) is 15.3. The van der Waals surface area contributed by atoms with E-state index in [-0.39, 0.29) is 23.9 Å². The Bertz CT molecular complexity index is 1220. The standard InChI is InChI=1S/C27H30F4N4O/c1-4-35-23-14-15-34(25(26(36)32-3)19-8-6-5-7-9-19)22(24(23)17(2)33-35)13-11-18-10-12-20(16-21(18)28)27(29,30)31/h5-10,12,16,22,25H,4,11,13-15H2,1-3H3,(H,32,36)/t22?,25-/m1/s1. The number of benzene rings is 2. The van der Waals surface area contributed by atoms with Gasteiger partial charge >= 0.3 is 6.18 Å². The van der Waals surface area contributed by atoms with Gasteiger partial charge in [-0.15, -0.1) is 0 Å². The van der Waals surface area contributed by atoms with Crippen molar-refractivity contribution in [2.75, 3.05) is 13.6 Å². The quantitative estimate of drug-likeness (QED) is 0.441. The fourth-order valence-corrected chi connectivity index (χ4v) is 5.26. The highest BCUT2D eigenvalue weighted by atomic mass is 19.4. The molecule has 0 fully saturated rings. The molecule has 0 spiro atoms. The van der Waals surface area contributed by atoms with Gasteiger partial charge in [-0.25, -0.2) is 4.39 Å². The van der Waals surface area contributed by atoms with Gasteiger partial charge in [-0.05, 0) is 49.9 Å². The predicted molar refractivity (Wildman–Crippen MR) is 129 cm³/mol. The second kappa shape index (κ2) is 10.4. The van der Waals surface area contributed by atoms with Gasteiger partial charge in [0.15, 0.2) is 0 Å². The van der Waals surface area contributed by atoms with Crippen LogP contribution in [-0.4, -0.2) is 34.2 Å². The van der Waals surface area contributed by atoms with E-state index in [1.807, 2.05) is 48.9 Å². The molecule has 1 amide bonds. The van der Waals surface area contributed by atoms with E-state index in [1.165, 1.54) is 6.07 Å². The number of carbonyl (C=O) groups excluding carboxylic acids is 1. The number of rotatable bonds is 7. The minimum atomic E-state index is -4.60. The van der Waals surface area contributed by atoms with Crippen molar-refractivity contribution in [3.8, 4) is 0 Å². The number of alkyl halides is 3. The van der Waals surface area contributed by atoms with Gasteiger partial charge < -0.3 is 5.32 Å². The molecule has 4 rings (SSSR count). The first-order valence-electron chi connectivity index (χ1n) is 12.1. The van der Waals surface area contributed by atoms with E-state index in [0.29, 0.717) is 32.0 Å². The molecular weight excluding hydrogens is 472 g/mol. The van der Waals surface area contributed by atoms with Gasteiger partial charge in [0.25, 0.3) is 0 Å². The van der Waals surface area contributed by atoms with Crippen molar-refractivity contribution in [1.82, 2.24) is 20.0 Å². The second-order valence-corrected chi connectivity index (χ2v) is 9.04. The van der Waals surface area contributed by atoms with Crippen LogP contribution < -0.4 is 5.32 Å². The third kappa shape index (κ3) is 5.02. The van der Waals surface area contributed by atoms with Gasteiger partial charge in [0, 0.05) is 43.9 Å². The van der Waals surface area contributed by atoms with Crippen LogP contribution in [0.15, 0.2) is 48.5 Å². The van der Waals surface area contributed by atoms with Gasteiger partial charge in [-0.1, -0.05) is 36.4 Å². The number of hydrogen-bond donors (Lipinski definition) is 1. The summed E-state index contributed by atoms with van der Waals surface area (Å²) in [5, 5.41) is 7.47. The van der Waals surface area contributed by atoms with Crippen LogP contribution in [0.25, 0.3) is 0 Å². The van der Waals surface area contributed by atoms with Crippen LogP contribution in [0.2, 0.25) is 0 Å². The lowest BCUT2D eigenvalue weighted by Crippen LogP contribution is -2.45. The fraction of sp³-hybridized carbons (Fsp3) is 0.407. The number of amides is 1. The number of fused-ring (bicyclic) bond motifs is 1. The second-order valence-electron chi connectivity index (χ2n) is 9.04. The van der Waals surface area contributed by atoms with Crippen LogP contribution >= 0.6 is 0 Å². The topological polar surface area (TPSA) is 50.2 Å². The van der Waals surface area contributed by atoms with E-state index in [1.54, 1.807) is 7.05 Å². The summed E-state index contributed by atoms with van der Waals surface area (Å²) in [7, 11) is 1.60. The summed E-state index contributed by atoms with van der Waals surface area (Å²) in [5.74, 6) is -1.03. The Morgan fingerprint density at radius 3 is 2.53 bits per heavy atom. The molecule has 2 atom stereocenters. The van der Waals surface area contributed by atoms with Crippen molar-refractivity contribution in [3.63, 3.8) is 0 Å². The zero-order valence-electron chi connectivity index (χ0n) is 20.6. The molecule has 1 aliphatic rings. The van der Waals surface area contributed by atoms with Crippen LogP contribution in [0.4, 0.5) is 17.6 Å². The van der Waals surface area contributed by atoms with Gasteiger partial charge in [0.1, 0.15) is 11.9 Å². The first-order valence-corrected chi connectivity index (χ1v) is 12.1. The zero-order chi connectivity index (χ0) is 26.0. The lowest BCUT2D eigenvalue weighted by atomic mass is 9.88. The van der Waals surface area contributed by atoms with Gasteiger partial charge in [-0.2, -0.15) is 18.3 Å². The number of halogens is 4. The Morgan fingerprint density at radius 1 is 1.19 bits per heavy atom. The summed E-state index contributed by atoms with van der Waals surface area (Å²) in [5.41, 5.74) is 3.00. The molecule has 5 nitrogen and oxygen atoms in total. The van der Waals surface area contributed by atoms with Gasteiger partial charge in [0.05, 0.1) is 11.3 Å². The normalized spacial score (nSPS) is 17.0. The largest absolute Gasteiger partial charge is 0.416 e. The Hall–Kier alpha value is -3.20. The molecule has 2 heterocycles. The highest BCUT2D eigenvalue weighted by Crippen LogP contribution is 2.41. The van der Waals surface area contributed by atoms with Crippen molar-refractivity contribution in [1.29, 1.82) is 0 Å². The molecule has 1 aliphatic heterocycles. The molecule has 1 unspecified atom stereocenters. The van der Waals surface area contributed by atoms with E-state index in [0.717, 1.165) is 28.6 Å². The van der Waals surface area contributed by atoms with E-state index in [2.05, 4.69) is 10.2 Å². The molecule has 36 heavy (non-hydrogen) atoms.